The minimum absolute atomic E-state index is 0.193. The third-order valence-electron chi connectivity index (χ3n) is 6.34. The van der Waals surface area contributed by atoms with Gasteiger partial charge in [0.05, 0.1) is 17.1 Å². The van der Waals surface area contributed by atoms with Gasteiger partial charge in [-0.05, 0) is 43.9 Å². The van der Waals surface area contributed by atoms with Crippen molar-refractivity contribution in [1.82, 2.24) is 15.5 Å². The molecule has 7 nitrogen and oxygen atoms in total. The molecule has 6 rings (SSSR count). The fraction of sp³-hybridized carbons (Fsp3) is 0.526. The van der Waals surface area contributed by atoms with Crippen LogP contribution in [0.3, 0.4) is 0 Å². The molecule has 27 heavy (non-hydrogen) atoms. The third kappa shape index (κ3) is 2.28. The Kier molecular flexibility index (Phi) is 2.96. The van der Waals surface area contributed by atoms with E-state index in [1.165, 1.54) is 0 Å². The highest BCUT2D eigenvalue weighted by Gasteiger charge is 2.88. The number of amides is 1. The van der Waals surface area contributed by atoms with Crippen molar-refractivity contribution >= 4 is 17.5 Å². The van der Waals surface area contributed by atoms with Crippen LogP contribution in [0.1, 0.15) is 61.5 Å². The maximum Gasteiger partial charge on any atom is 0.261 e. The van der Waals surface area contributed by atoms with Crippen molar-refractivity contribution in [3.8, 4) is 5.75 Å². The van der Waals surface area contributed by atoms with Gasteiger partial charge in [-0.3, -0.25) is 4.79 Å². The van der Waals surface area contributed by atoms with Crippen LogP contribution in [-0.2, 0) is 10.2 Å². The van der Waals surface area contributed by atoms with Gasteiger partial charge in [0.2, 0.25) is 11.8 Å². The van der Waals surface area contributed by atoms with Crippen LogP contribution < -0.4 is 10.1 Å². The number of nitrogens with zero attached hydrogens (tertiary/aromatic N) is 2. The molecule has 140 valence electrons. The first-order chi connectivity index (χ1) is 13.0. The Labute approximate surface area is 160 Å². The Balaban J connectivity index is 1.16. The zero-order valence-corrected chi connectivity index (χ0v) is 15.2. The van der Waals surface area contributed by atoms with Gasteiger partial charge in [0.1, 0.15) is 5.75 Å². The predicted molar refractivity (Wildman–Crippen MR) is 93.5 cm³/mol. The van der Waals surface area contributed by atoms with Crippen molar-refractivity contribution in [1.29, 1.82) is 0 Å². The lowest BCUT2D eigenvalue weighted by Crippen LogP contribution is -2.44. The number of aromatic nitrogens is 2. The lowest BCUT2D eigenvalue weighted by molar-refractivity contribution is -0.131. The van der Waals surface area contributed by atoms with Crippen LogP contribution in [0.4, 0.5) is 0 Å². The molecule has 0 bridgehead atoms. The highest BCUT2D eigenvalue weighted by atomic mass is 35.5. The summed E-state index contributed by atoms with van der Waals surface area (Å²) < 4.78 is 11.7. The third-order valence-corrected chi connectivity index (χ3v) is 6.58. The van der Waals surface area contributed by atoms with Crippen molar-refractivity contribution in [2.45, 2.75) is 61.2 Å². The number of aliphatic hydroxyl groups excluding tert-OH is 1. The number of fused-ring (bicyclic) bond motifs is 2. The van der Waals surface area contributed by atoms with Gasteiger partial charge in [-0.25, -0.2) is 0 Å². The quantitative estimate of drug-likeness (QED) is 0.836. The molecule has 0 spiro atoms. The number of ether oxygens (including phenoxy) is 1. The van der Waals surface area contributed by atoms with E-state index >= 15 is 0 Å². The molecule has 0 radical (unpaired) electrons. The number of hydrogen-bond donors (Lipinski definition) is 2. The van der Waals surface area contributed by atoms with E-state index in [0.717, 1.165) is 31.6 Å². The van der Waals surface area contributed by atoms with E-state index in [0.29, 0.717) is 28.1 Å². The second-order valence-electron chi connectivity index (χ2n) is 8.27. The first-order valence-corrected chi connectivity index (χ1v) is 9.68. The lowest BCUT2D eigenvalue weighted by Gasteiger charge is -2.29. The van der Waals surface area contributed by atoms with Crippen LogP contribution in [0.5, 0.6) is 5.75 Å². The van der Waals surface area contributed by atoms with Gasteiger partial charge in [-0.1, -0.05) is 11.6 Å². The standard InChI is InChI=1S/C19H18ClN3O4/c20-10-3-4-13-11(5-10)12(24)6-14(26-13)15(25)21-19-7-18(19,8-19)17-23-22-16(27-17)9-1-2-9/h3-5,9,12,14,24H,1-2,6-8H2,(H,21,25). The van der Waals surface area contributed by atoms with Crippen molar-refractivity contribution in [2.75, 3.05) is 0 Å². The van der Waals surface area contributed by atoms with Gasteiger partial charge in [-0.15, -0.1) is 10.2 Å². The molecule has 1 aromatic carbocycles. The molecule has 2 unspecified atom stereocenters. The predicted octanol–water partition coefficient (Wildman–Crippen LogP) is 2.39. The number of halogens is 1. The molecule has 3 saturated carbocycles. The molecule has 1 aliphatic heterocycles. The number of aliphatic hydroxyl groups is 1. The SMILES string of the molecule is O=C(NC12CC1(c1nnc(C3CC3)o1)C2)C1CC(O)c2cc(Cl)ccc2O1. The monoisotopic (exact) mass is 387 g/mol. The Bertz CT molecular complexity index is 964. The summed E-state index contributed by atoms with van der Waals surface area (Å²) in [4.78, 5) is 12.8. The highest BCUT2D eigenvalue weighted by Crippen LogP contribution is 2.78. The molecule has 2 aromatic rings. The topological polar surface area (TPSA) is 97.5 Å². The van der Waals surface area contributed by atoms with E-state index in [-0.39, 0.29) is 23.3 Å². The Morgan fingerprint density at radius 2 is 2.11 bits per heavy atom. The lowest BCUT2D eigenvalue weighted by atomic mass is 9.98. The fourth-order valence-electron chi connectivity index (χ4n) is 4.27. The summed E-state index contributed by atoms with van der Waals surface area (Å²) in [6.45, 7) is 0. The van der Waals surface area contributed by atoms with Gasteiger partial charge >= 0.3 is 0 Å². The van der Waals surface area contributed by atoms with Crippen LogP contribution in [0.25, 0.3) is 0 Å². The van der Waals surface area contributed by atoms with Gasteiger partial charge in [0, 0.05) is 22.9 Å². The Morgan fingerprint density at radius 3 is 2.89 bits per heavy atom. The van der Waals surface area contributed by atoms with Crippen LogP contribution in [-0.4, -0.2) is 32.9 Å². The molecule has 3 fully saturated rings. The van der Waals surface area contributed by atoms with Crippen LogP contribution in [0, 0.1) is 0 Å². The fourth-order valence-corrected chi connectivity index (χ4v) is 4.45. The largest absolute Gasteiger partial charge is 0.480 e. The van der Waals surface area contributed by atoms with E-state index in [9.17, 15) is 9.90 Å². The average Bonchev–Trinajstić information content (AvgIpc) is 3.57. The van der Waals surface area contributed by atoms with Crippen LogP contribution >= 0.6 is 11.6 Å². The molecule has 0 saturated heterocycles. The van der Waals surface area contributed by atoms with Gasteiger partial charge in [0.15, 0.2) is 6.10 Å². The number of benzene rings is 1. The zero-order valence-electron chi connectivity index (χ0n) is 14.4. The maximum absolute atomic E-state index is 12.8. The second-order valence-corrected chi connectivity index (χ2v) is 8.70. The summed E-state index contributed by atoms with van der Waals surface area (Å²) in [5.41, 5.74) is 0.142. The summed E-state index contributed by atoms with van der Waals surface area (Å²) in [5.74, 6) is 2.09. The number of nitrogens with one attached hydrogen (secondary N) is 1. The Morgan fingerprint density at radius 1 is 1.30 bits per heavy atom. The van der Waals surface area contributed by atoms with E-state index < -0.39 is 12.2 Å². The first-order valence-electron chi connectivity index (χ1n) is 9.30. The molecule has 4 aliphatic rings. The minimum atomic E-state index is -0.777. The molecular formula is C19H18ClN3O4. The summed E-state index contributed by atoms with van der Waals surface area (Å²) in [6.07, 6.45) is 2.57. The summed E-state index contributed by atoms with van der Waals surface area (Å²) in [5, 5.41) is 22.4. The number of rotatable bonds is 4. The normalized spacial score (nSPS) is 35.6. The number of carbonyl (C=O) groups is 1. The molecule has 1 aromatic heterocycles. The smallest absolute Gasteiger partial charge is 0.261 e. The molecule has 1 amide bonds. The van der Waals surface area contributed by atoms with Crippen molar-refractivity contribution in [2.24, 2.45) is 0 Å². The van der Waals surface area contributed by atoms with E-state index in [4.69, 9.17) is 20.8 Å². The van der Waals surface area contributed by atoms with Crippen molar-refractivity contribution in [3.63, 3.8) is 0 Å². The number of hydrogen-bond acceptors (Lipinski definition) is 6. The molecule has 2 atom stereocenters. The van der Waals surface area contributed by atoms with E-state index in [1.807, 2.05) is 0 Å². The first kappa shape index (κ1) is 15.9. The van der Waals surface area contributed by atoms with E-state index in [2.05, 4.69) is 15.5 Å². The minimum Gasteiger partial charge on any atom is -0.480 e. The number of carbonyl (C=O) groups excluding carboxylic acids is 1. The molecule has 3 aliphatic carbocycles. The highest BCUT2D eigenvalue weighted by molar-refractivity contribution is 6.30. The summed E-state index contributed by atoms with van der Waals surface area (Å²) in [7, 11) is 0. The van der Waals surface area contributed by atoms with E-state index in [1.54, 1.807) is 18.2 Å². The average molecular weight is 388 g/mol. The van der Waals surface area contributed by atoms with Gasteiger partial charge in [-0.2, -0.15) is 0 Å². The van der Waals surface area contributed by atoms with Crippen molar-refractivity contribution in [3.05, 3.63) is 40.6 Å². The van der Waals surface area contributed by atoms with Gasteiger partial charge in [0.25, 0.3) is 5.91 Å². The summed E-state index contributed by atoms with van der Waals surface area (Å²) in [6, 6.07) is 5.05. The van der Waals surface area contributed by atoms with Crippen LogP contribution in [0.15, 0.2) is 22.6 Å². The van der Waals surface area contributed by atoms with Crippen LogP contribution in [0.2, 0.25) is 5.02 Å². The maximum atomic E-state index is 12.8. The summed E-state index contributed by atoms with van der Waals surface area (Å²) >= 11 is 5.97. The molecule has 8 heteroatoms. The van der Waals surface area contributed by atoms with Crippen molar-refractivity contribution < 1.29 is 19.1 Å². The second kappa shape index (κ2) is 5.02. The van der Waals surface area contributed by atoms with Gasteiger partial charge < -0.3 is 19.6 Å². The molecular weight excluding hydrogens is 370 g/mol. The molecule has 2 heterocycles. The molecule has 2 N–H and O–H groups in total. The Hall–Kier alpha value is -2.12. The zero-order chi connectivity index (χ0) is 18.4.